The van der Waals surface area contributed by atoms with E-state index in [1.807, 2.05) is 66.7 Å². The van der Waals surface area contributed by atoms with Gasteiger partial charge in [0.1, 0.15) is 11.3 Å². The van der Waals surface area contributed by atoms with Crippen LogP contribution in [0.4, 0.5) is 0 Å². The second-order valence-corrected chi connectivity index (χ2v) is 12.7. The molecule has 6 aromatic carbocycles. The zero-order valence-corrected chi connectivity index (χ0v) is 27.0. The monoisotopic (exact) mass is 622 g/mol. The minimum atomic E-state index is -0.245. The Labute approximate surface area is 280 Å². The molecule has 0 spiro atoms. The van der Waals surface area contributed by atoms with Gasteiger partial charge >= 0.3 is 0 Å². The van der Waals surface area contributed by atoms with Crippen molar-refractivity contribution in [1.82, 2.24) is 0 Å². The van der Waals surface area contributed by atoms with Crippen molar-refractivity contribution in [1.29, 1.82) is 0 Å². The highest BCUT2D eigenvalue weighted by Crippen LogP contribution is 2.52. The fraction of sp³-hybridized carbons (Fsp3) is 0.0909. The lowest BCUT2D eigenvalue weighted by Gasteiger charge is -2.34. The molecule has 0 N–H and O–H groups in total. The predicted molar refractivity (Wildman–Crippen MR) is 198 cm³/mol. The highest BCUT2D eigenvalue weighted by molar-refractivity contribution is 6.07. The van der Waals surface area contributed by atoms with Gasteiger partial charge in [0, 0.05) is 32.9 Å². The lowest BCUT2D eigenvalue weighted by molar-refractivity contribution is 0.415. The van der Waals surface area contributed by atoms with E-state index in [0.717, 1.165) is 78.9 Å². The molecule has 0 atom stereocenters. The first-order chi connectivity index (χ1) is 23.5. The minimum absolute atomic E-state index is 0.245. The van der Waals surface area contributed by atoms with E-state index < -0.39 is 0 Å². The number of nitrogens with zero attached hydrogens (tertiary/aromatic N) is 2. The van der Waals surface area contributed by atoms with E-state index in [2.05, 4.69) is 104 Å². The van der Waals surface area contributed by atoms with E-state index in [1.54, 1.807) is 0 Å². The van der Waals surface area contributed by atoms with Crippen molar-refractivity contribution in [2.24, 2.45) is 9.98 Å². The van der Waals surface area contributed by atoms with Gasteiger partial charge in [0.25, 0.3) is 0 Å². The van der Waals surface area contributed by atoms with Crippen LogP contribution >= 0.6 is 0 Å². The molecule has 0 fully saturated rings. The van der Waals surface area contributed by atoms with E-state index in [4.69, 9.17) is 14.1 Å². The van der Waals surface area contributed by atoms with Crippen molar-refractivity contribution >= 4 is 40.2 Å². The van der Waals surface area contributed by atoms with Crippen molar-refractivity contribution in [2.45, 2.75) is 25.7 Å². The summed E-state index contributed by atoms with van der Waals surface area (Å²) in [5.41, 5.74) is 9.96. The molecule has 0 saturated carbocycles. The Morgan fingerprint density at radius 3 is 2.10 bits per heavy atom. The lowest BCUT2D eigenvalue weighted by atomic mass is 9.75. The number of furan rings is 1. The third kappa shape index (κ3) is 5.22. The number of amidine groups is 1. The van der Waals surface area contributed by atoms with Crippen molar-refractivity contribution in [3.63, 3.8) is 0 Å². The molecule has 0 radical (unpaired) electrons. The number of hydrogen-bond acceptors (Lipinski definition) is 3. The van der Waals surface area contributed by atoms with Gasteiger partial charge in [0.2, 0.25) is 0 Å². The van der Waals surface area contributed by atoms with Crippen LogP contribution < -0.4 is 4.74 Å². The molecule has 0 aliphatic carbocycles. The van der Waals surface area contributed by atoms with Gasteiger partial charge in [-0.05, 0) is 53.6 Å². The largest absolute Gasteiger partial charge is 0.453 e. The molecule has 4 heteroatoms. The van der Waals surface area contributed by atoms with E-state index in [9.17, 15) is 0 Å². The first-order valence-corrected chi connectivity index (χ1v) is 16.2. The van der Waals surface area contributed by atoms with Crippen molar-refractivity contribution in [3.05, 3.63) is 173 Å². The molecule has 1 aliphatic rings. The summed E-state index contributed by atoms with van der Waals surface area (Å²) in [6, 6.07) is 47.9. The molecule has 232 valence electrons. The number of allylic oxidation sites excluding steroid dienone is 1. The number of para-hydroxylation sites is 1. The smallest absolute Gasteiger partial charge is 0.178 e. The number of benzene rings is 6. The molecule has 1 aliphatic heterocycles. The molecular weight excluding hydrogens is 588 g/mol. The maximum absolute atomic E-state index is 6.70. The van der Waals surface area contributed by atoms with Gasteiger partial charge in [0.05, 0.1) is 5.70 Å². The third-order valence-electron chi connectivity index (χ3n) is 9.34. The number of hydrogen-bond donors (Lipinski definition) is 0. The van der Waals surface area contributed by atoms with Crippen LogP contribution in [0, 0.1) is 0 Å². The summed E-state index contributed by atoms with van der Waals surface area (Å²) in [4.78, 5) is 9.19. The molecule has 8 rings (SSSR count). The van der Waals surface area contributed by atoms with Gasteiger partial charge in [-0.1, -0.05) is 141 Å². The van der Waals surface area contributed by atoms with Crippen LogP contribution in [0.3, 0.4) is 0 Å². The average Bonchev–Trinajstić information content (AvgIpc) is 3.52. The molecule has 0 saturated heterocycles. The molecule has 1 aromatic heterocycles. The summed E-state index contributed by atoms with van der Waals surface area (Å²) in [6.45, 7) is 8.30. The predicted octanol–water partition coefficient (Wildman–Crippen LogP) is 11.4. The summed E-state index contributed by atoms with van der Waals surface area (Å²) in [5.74, 6) is 2.27. The fourth-order valence-electron chi connectivity index (χ4n) is 6.69. The van der Waals surface area contributed by atoms with Gasteiger partial charge in [-0.2, -0.15) is 0 Å². The second-order valence-electron chi connectivity index (χ2n) is 12.7. The standard InChI is InChI=1S/C44H34N2O2/c1-44(2)36-25-23-33(28-40(36)48-42-37(44)26-24-35-34-16-10-11-17-39(34)47-41(35)42)30-21-18-29(19-22-30)20-27-38(31-12-6-4-7-13-31)46-43(45-3)32-14-8-5-9-15-32/h4-19,21-28H,3,20H2,1-2H3/b38-27-,46-43?. The average molecular weight is 623 g/mol. The van der Waals surface area contributed by atoms with Gasteiger partial charge in [0.15, 0.2) is 17.2 Å². The zero-order chi connectivity index (χ0) is 32.7. The Morgan fingerprint density at radius 1 is 0.688 bits per heavy atom. The molecule has 48 heavy (non-hydrogen) atoms. The second kappa shape index (κ2) is 12.0. The maximum Gasteiger partial charge on any atom is 0.178 e. The minimum Gasteiger partial charge on any atom is -0.453 e. The van der Waals surface area contributed by atoms with Crippen LogP contribution in [0.25, 0.3) is 38.8 Å². The first kappa shape index (κ1) is 29.4. The number of aliphatic imine (C=N–C) groups is 2. The SMILES string of the molecule is C=NC(=N/C(=C\Cc1ccc(-c2ccc3c(c2)Oc2c(ccc4c2oc2ccccc24)C3(C)C)cc1)c1ccccc1)c1ccccc1. The van der Waals surface area contributed by atoms with Crippen molar-refractivity contribution in [3.8, 4) is 22.6 Å². The Balaban J connectivity index is 1.09. The van der Waals surface area contributed by atoms with Gasteiger partial charge in [-0.3, -0.25) is 0 Å². The summed E-state index contributed by atoms with van der Waals surface area (Å²) >= 11 is 0. The summed E-state index contributed by atoms with van der Waals surface area (Å²) in [7, 11) is 0. The molecule has 7 aromatic rings. The van der Waals surface area contributed by atoms with Crippen molar-refractivity contribution in [2.75, 3.05) is 0 Å². The van der Waals surface area contributed by atoms with E-state index in [1.165, 1.54) is 5.56 Å². The maximum atomic E-state index is 6.70. The van der Waals surface area contributed by atoms with Crippen LogP contribution in [-0.2, 0) is 11.8 Å². The van der Waals surface area contributed by atoms with Crippen LogP contribution in [0.5, 0.6) is 11.5 Å². The van der Waals surface area contributed by atoms with Crippen LogP contribution in [-0.4, -0.2) is 12.6 Å². The summed E-state index contributed by atoms with van der Waals surface area (Å²) in [6.07, 6.45) is 2.88. The quantitative estimate of drug-likeness (QED) is 0.137. The van der Waals surface area contributed by atoms with Crippen LogP contribution in [0.2, 0.25) is 0 Å². The summed E-state index contributed by atoms with van der Waals surface area (Å²) in [5, 5.41) is 2.17. The Morgan fingerprint density at radius 2 is 1.35 bits per heavy atom. The van der Waals surface area contributed by atoms with Gasteiger partial charge < -0.3 is 9.15 Å². The van der Waals surface area contributed by atoms with Crippen LogP contribution in [0.15, 0.2) is 160 Å². The number of fused-ring (bicyclic) bond motifs is 6. The number of rotatable bonds is 6. The fourth-order valence-corrected chi connectivity index (χ4v) is 6.69. The normalized spacial score (nSPS) is 14.0. The van der Waals surface area contributed by atoms with Crippen molar-refractivity contribution < 1.29 is 9.15 Å². The van der Waals surface area contributed by atoms with E-state index in [0.29, 0.717) is 5.84 Å². The molecule has 4 nitrogen and oxygen atoms in total. The molecule has 0 bridgehead atoms. The third-order valence-corrected chi connectivity index (χ3v) is 9.34. The first-order valence-electron chi connectivity index (χ1n) is 16.2. The molecular formula is C44H34N2O2. The highest BCUT2D eigenvalue weighted by Gasteiger charge is 2.36. The van der Waals surface area contributed by atoms with Gasteiger partial charge in [-0.15, -0.1) is 0 Å². The molecule has 0 unspecified atom stereocenters. The topological polar surface area (TPSA) is 47.1 Å². The van der Waals surface area contributed by atoms with Gasteiger partial charge in [-0.25, -0.2) is 9.98 Å². The van der Waals surface area contributed by atoms with E-state index >= 15 is 0 Å². The molecule has 2 heterocycles. The molecule has 0 amide bonds. The lowest BCUT2D eigenvalue weighted by Crippen LogP contribution is -2.24. The Hall–Kier alpha value is -6.00. The summed E-state index contributed by atoms with van der Waals surface area (Å²) < 4.78 is 13.1. The van der Waals surface area contributed by atoms with E-state index in [-0.39, 0.29) is 5.41 Å². The number of ether oxygens (including phenoxy) is 1. The Bertz CT molecular complexity index is 2360. The van der Waals surface area contributed by atoms with Crippen LogP contribution in [0.1, 0.15) is 41.7 Å². The Kier molecular flexibility index (Phi) is 7.34. The highest BCUT2D eigenvalue weighted by atomic mass is 16.5. The zero-order valence-electron chi connectivity index (χ0n) is 27.0.